The lowest BCUT2D eigenvalue weighted by atomic mass is 9.99. The minimum Gasteiger partial charge on any atom is -0.496 e. The Morgan fingerprint density at radius 2 is 1.81 bits per heavy atom. The SMILES string of the molecule is COc1c(C(COc2ccccc2)NN)ccc(C)c1C. The lowest BCUT2D eigenvalue weighted by Crippen LogP contribution is -2.32. The van der Waals surface area contributed by atoms with E-state index < -0.39 is 0 Å². The van der Waals surface area contributed by atoms with Crippen molar-refractivity contribution in [2.75, 3.05) is 13.7 Å². The van der Waals surface area contributed by atoms with Gasteiger partial charge in [-0.25, -0.2) is 5.43 Å². The molecular formula is C17H22N2O2. The van der Waals surface area contributed by atoms with Crippen molar-refractivity contribution in [2.24, 2.45) is 5.84 Å². The largest absolute Gasteiger partial charge is 0.496 e. The van der Waals surface area contributed by atoms with Gasteiger partial charge in [0.05, 0.1) is 13.2 Å². The number of aryl methyl sites for hydroxylation is 1. The zero-order chi connectivity index (χ0) is 15.2. The Morgan fingerprint density at radius 1 is 1.10 bits per heavy atom. The summed E-state index contributed by atoms with van der Waals surface area (Å²) in [6.07, 6.45) is 0. The van der Waals surface area contributed by atoms with Crippen molar-refractivity contribution in [1.82, 2.24) is 5.43 Å². The van der Waals surface area contributed by atoms with E-state index >= 15 is 0 Å². The zero-order valence-corrected chi connectivity index (χ0v) is 12.7. The number of hydrogen-bond donors (Lipinski definition) is 2. The maximum atomic E-state index is 5.78. The molecule has 112 valence electrons. The molecule has 0 radical (unpaired) electrons. The van der Waals surface area contributed by atoms with Crippen molar-refractivity contribution >= 4 is 0 Å². The number of benzene rings is 2. The predicted octanol–water partition coefficient (Wildman–Crippen LogP) is 2.90. The second kappa shape index (κ2) is 7.11. The summed E-state index contributed by atoms with van der Waals surface area (Å²) < 4.78 is 11.3. The number of nitrogens with one attached hydrogen (secondary N) is 1. The predicted molar refractivity (Wildman–Crippen MR) is 84.5 cm³/mol. The number of hydrazine groups is 1. The lowest BCUT2D eigenvalue weighted by molar-refractivity contribution is 0.263. The van der Waals surface area contributed by atoms with Crippen LogP contribution in [0.4, 0.5) is 0 Å². The van der Waals surface area contributed by atoms with Crippen LogP contribution in [0.3, 0.4) is 0 Å². The molecule has 0 saturated carbocycles. The molecule has 0 aliphatic rings. The molecule has 3 N–H and O–H groups in total. The first-order valence-electron chi connectivity index (χ1n) is 6.95. The van der Waals surface area contributed by atoms with Gasteiger partial charge in [0.2, 0.25) is 0 Å². The van der Waals surface area contributed by atoms with E-state index in [1.54, 1.807) is 7.11 Å². The number of ether oxygens (including phenoxy) is 2. The molecule has 0 fully saturated rings. The first-order chi connectivity index (χ1) is 10.2. The minimum absolute atomic E-state index is 0.139. The average molecular weight is 286 g/mol. The minimum atomic E-state index is -0.139. The highest BCUT2D eigenvalue weighted by Crippen LogP contribution is 2.31. The first kappa shape index (κ1) is 15.4. The van der Waals surface area contributed by atoms with Crippen LogP contribution in [-0.2, 0) is 0 Å². The summed E-state index contributed by atoms with van der Waals surface area (Å²) >= 11 is 0. The van der Waals surface area contributed by atoms with Gasteiger partial charge in [0.15, 0.2) is 0 Å². The summed E-state index contributed by atoms with van der Waals surface area (Å²) in [4.78, 5) is 0. The second-order valence-corrected chi connectivity index (χ2v) is 4.97. The number of para-hydroxylation sites is 1. The summed E-state index contributed by atoms with van der Waals surface area (Å²) in [5, 5.41) is 0. The van der Waals surface area contributed by atoms with Crippen LogP contribution in [0.2, 0.25) is 0 Å². The van der Waals surface area contributed by atoms with Crippen molar-refractivity contribution in [2.45, 2.75) is 19.9 Å². The summed E-state index contributed by atoms with van der Waals surface area (Å²) in [5.41, 5.74) is 6.11. The van der Waals surface area contributed by atoms with E-state index in [9.17, 15) is 0 Å². The molecule has 1 unspecified atom stereocenters. The van der Waals surface area contributed by atoms with Crippen molar-refractivity contribution in [3.05, 3.63) is 59.2 Å². The van der Waals surface area contributed by atoms with E-state index in [4.69, 9.17) is 15.3 Å². The molecule has 2 aromatic rings. The van der Waals surface area contributed by atoms with Gasteiger partial charge >= 0.3 is 0 Å². The summed E-state index contributed by atoms with van der Waals surface area (Å²) in [7, 11) is 1.68. The number of rotatable bonds is 6. The van der Waals surface area contributed by atoms with Gasteiger partial charge in [-0.05, 0) is 37.1 Å². The van der Waals surface area contributed by atoms with Gasteiger partial charge < -0.3 is 9.47 Å². The summed E-state index contributed by atoms with van der Waals surface area (Å²) in [6, 6.07) is 13.6. The highest BCUT2D eigenvalue weighted by Gasteiger charge is 2.18. The topological polar surface area (TPSA) is 56.5 Å². The van der Waals surface area contributed by atoms with Crippen molar-refractivity contribution in [1.29, 1.82) is 0 Å². The first-order valence-corrected chi connectivity index (χ1v) is 6.95. The molecule has 0 aliphatic heterocycles. The fourth-order valence-corrected chi connectivity index (χ4v) is 2.28. The van der Waals surface area contributed by atoms with Gasteiger partial charge in [0.25, 0.3) is 0 Å². The molecule has 2 rings (SSSR count). The van der Waals surface area contributed by atoms with E-state index in [1.807, 2.05) is 43.3 Å². The molecule has 0 heterocycles. The Bertz CT molecular complexity index is 585. The van der Waals surface area contributed by atoms with Crippen LogP contribution in [0.25, 0.3) is 0 Å². The quantitative estimate of drug-likeness (QED) is 0.633. The molecule has 21 heavy (non-hydrogen) atoms. The third-order valence-corrected chi connectivity index (χ3v) is 3.65. The normalized spacial score (nSPS) is 12.0. The smallest absolute Gasteiger partial charge is 0.126 e. The summed E-state index contributed by atoms with van der Waals surface area (Å²) in [5.74, 6) is 7.37. The fourth-order valence-electron chi connectivity index (χ4n) is 2.28. The number of hydrogen-bond acceptors (Lipinski definition) is 4. The molecule has 2 aromatic carbocycles. The Kier molecular flexibility index (Phi) is 5.20. The number of nitrogens with two attached hydrogens (primary N) is 1. The molecule has 1 atom stereocenters. The van der Waals surface area contributed by atoms with Crippen LogP contribution < -0.4 is 20.7 Å². The van der Waals surface area contributed by atoms with Crippen molar-refractivity contribution in [3.8, 4) is 11.5 Å². The molecule has 4 heteroatoms. The molecule has 0 aromatic heterocycles. The van der Waals surface area contributed by atoms with E-state index in [2.05, 4.69) is 18.4 Å². The van der Waals surface area contributed by atoms with E-state index in [0.717, 1.165) is 22.6 Å². The highest BCUT2D eigenvalue weighted by atomic mass is 16.5. The standard InChI is InChI=1S/C17H22N2O2/c1-12-9-10-15(17(20-3)13(12)2)16(19-18)11-21-14-7-5-4-6-8-14/h4-10,16,19H,11,18H2,1-3H3. The van der Waals surface area contributed by atoms with Crippen LogP contribution in [-0.4, -0.2) is 13.7 Å². The molecule has 4 nitrogen and oxygen atoms in total. The average Bonchev–Trinajstić information content (AvgIpc) is 2.52. The zero-order valence-electron chi connectivity index (χ0n) is 12.7. The van der Waals surface area contributed by atoms with Crippen LogP contribution in [0.1, 0.15) is 22.7 Å². The van der Waals surface area contributed by atoms with Crippen molar-refractivity contribution < 1.29 is 9.47 Å². The Hall–Kier alpha value is -2.04. The van der Waals surface area contributed by atoms with Gasteiger partial charge in [-0.2, -0.15) is 0 Å². The van der Waals surface area contributed by atoms with Crippen LogP contribution in [0, 0.1) is 13.8 Å². The van der Waals surface area contributed by atoms with Gasteiger partial charge in [-0.15, -0.1) is 0 Å². The maximum Gasteiger partial charge on any atom is 0.126 e. The molecule has 0 amide bonds. The maximum absolute atomic E-state index is 5.78. The Balaban J connectivity index is 2.19. The Labute approximate surface area is 125 Å². The molecule has 0 saturated heterocycles. The molecule has 0 bridgehead atoms. The monoisotopic (exact) mass is 286 g/mol. The van der Waals surface area contributed by atoms with Crippen LogP contribution in [0.5, 0.6) is 11.5 Å². The molecular weight excluding hydrogens is 264 g/mol. The van der Waals surface area contributed by atoms with Gasteiger partial charge in [0.1, 0.15) is 18.1 Å². The van der Waals surface area contributed by atoms with Crippen LogP contribution in [0.15, 0.2) is 42.5 Å². The highest BCUT2D eigenvalue weighted by molar-refractivity contribution is 5.46. The second-order valence-electron chi connectivity index (χ2n) is 4.97. The van der Waals surface area contributed by atoms with Crippen LogP contribution >= 0.6 is 0 Å². The third-order valence-electron chi connectivity index (χ3n) is 3.65. The molecule has 0 spiro atoms. The molecule has 0 aliphatic carbocycles. The Morgan fingerprint density at radius 3 is 2.43 bits per heavy atom. The fraction of sp³-hybridized carbons (Fsp3) is 0.294. The number of methoxy groups -OCH3 is 1. The van der Waals surface area contributed by atoms with Gasteiger partial charge in [-0.3, -0.25) is 5.84 Å². The van der Waals surface area contributed by atoms with Crippen molar-refractivity contribution in [3.63, 3.8) is 0 Å². The third kappa shape index (κ3) is 3.54. The van der Waals surface area contributed by atoms with Gasteiger partial charge in [-0.1, -0.05) is 30.3 Å². The van der Waals surface area contributed by atoms with E-state index in [-0.39, 0.29) is 6.04 Å². The van der Waals surface area contributed by atoms with E-state index in [0.29, 0.717) is 6.61 Å². The van der Waals surface area contributed by atoms with Gasteiger partial charge in [0, 0.05) is 5.56 Å². The van der Waals surface area contributed by atoms with E-state index in [1.165, 1.54) is 5.56 Å². The lowest BCUT2D eigenvalue weighted by Gasteiger charge is -2.21. The summed E-state index contributed by atoms with van der Waals surface area (Å²) in [6.45, 7) is 4.54.